The summed E-state index contributed by atoms with van der Waals surface area (Å²) in [5.74, 6) is 0. The van der Waals surface area contributed by atoms with Crippen LogP contribution in [0.4, 0.5) is 0 Å². The standard InChI is InChI=1S/C34H32Si/c1-3-35(4-2,29-21-27-17-11-19-31(33(27)23-29)25-13-7-5-8-14-25)30-22-28-18-12-20-32(34(28)24-30)26-15-9-6-10-16-26/h5-20,23-24H,3-4,21-22H2,1-2H3. The van der Waals surface area contributed by atoms with E-state index in [1.54, 1.807) is 10.4 Å². The molecule has 0 aliphatic heterocycles. The highest BCUT2D eigenvalue weighted by Crippen LogP contribution is 2.46. The smallest absolute Gasteiger partial charge is 0.0709 e. The average molecular weight is 469 g/mol. The van der Waals surface area contributed by atoms with Gasteiger partial charge in [0.15, 0.2) is 0 Å². The van der Waals surface area contributed by atoms with Crippen molar-refractivity contribution in [1.29, 1.82) is 0 Å². The van der Waals surface area contributed by atoms with E-state index in [1.807, 2.05) is 0 Å². The molecule has 1 heteroatoms. The first-order valence-electron chi connectivity index (χ1n) is 13.0. The van der Waals surface area contributed by atoms with Crippen molar-refractivity contribution in [3.8, 4) is 22.3 Å². The second-order valence-corrected chi connectivity index (χ2v) is 14.8. The maximum atomic E-state index is 2.60. The molecule has 0 spiro atoms. The highest BCUT2D eigenvalue weighted by molar-refractivity contribution is 6.94. The van der Waals surface area contributed by atoms with E-state index in [0.717, 1.165) is 12.8 Å². The molecule has 35 heavy (non-hydrogen) atoms. The Balaban J connectivity index is 1.44. The molecule has 0 bridgehead atoms. The Kier molecular flexibility index (Phi) is 5.66. The van der Waals surface area contributed by atoms with E-state index in [2.05, 4.69) is 123 Å². The molecule has 4 aromatic carbocycles. The van der Waals surface area contributed by atoms with Crippen molar-refractivity contribution in [2.45, 2.75) is 38.8 Å². The van der Waals surface area contributed by atoms with Crippen molar-refractivity contribution in [3.05, 3.63) is 130 Å². The first-order chi connectivity index (χ1) is 17.2. The van der Waals surface area contributed by atoms with Gasteiger partial charge in [-0.3, -0.25) is 0 Å². The van der Waals surface area contributed by atoms with Crippen LogP contribution in [0.15, 0.2) is 107 Å². The third-order valence-corrected chi connectivity index (χ3v) is 13.9. The van der Waals surface area contributed by atoms with Crippen molar-refractivity contribution in [3.63, 3.8) is 0 Å². The van der Waals surface area contributed by atoms with Crippen LogP contribution in [0.2, 0.25) is 12.1 Å². The zero-order valence-corrected chi connectivity index (χ0v) is 21.7. The van der Waals surface area contributed by atoms with Crippen LogP contribution in [0.1, 0.15) is 36.1 Å². The zero-order chi connectivity index (χ0) is 23.8. The zero-order valence-electron chi connectivity index (χ0n) is 20.7. The number of hydrogen-bond donors (Lipinski definition) is 0. The quantitative estimate of drug-likeness (QED) is 0.247. The Hall–Kier alpha value is -3.42. The fourth-order valence-electron chi connectivity index (χ4n) is 6.45. The van der Waals surface area contributed by atoms with Crippen LogP contribution in [0.3, 0.4) is 0 Å². The summed E-state index contributed by atoms with van der Waals surface area (Å²) in [6.07, 6.45) is 7.42. The lowest BCUT2D eigenvalue weighted by atomic mass is 9.97. The van der Waals surface area contributed by atoms with Crippen LogP contribution < -0.4 is 0 Å². The van der Waals surface area contributed by atoms with Gasteiger partial charge in [-0.25, -0.2) is 0 Å². The Bertz CT molecular complexity index is 1330. The molecule has 0 saturated heterocycles. The first kappa shape index (κ1) is 22.1. The van der Waals surface area contributed by atoms with Gasteiger partial charge >= 0.3 is 0 Å². The van der Waals surface area contributed by atoms with Crippen molar-refractivity contribution >= 4 is 20.2 Å². The minimum absolute atomic E-state index is 1.11. The molecule has 0 atom stereocenters. The molecule has 2 aliphatic rings. The molecule has 0 nitrogen and oxygen atoms in total. The molecule has 0 amide bonds. The lowest BCUT2D eigenvalue weighted by molar-refractivity contribution is 1.15. The summed E-state index contributed by atoms with van der Waals surface area (Å²) >= 11 is 0. The van der Waals surface area contributed by atoms with Crippen LogP contribution >= 0.6 is 0 Å². The largest absolute Gasteiger partial charge is 0.109 e. The Morgan fingerprint density at radius 3 is 1.34 bits per heavy atom. The van der Waals surface area contributed by atoms with Gasteiger partial charge in [0.2, 0.25) is 0 Å². The van der Waals surface area contributed by atoms with Gasteiger partial charge in [0.1, 0.15) is 8.07 Å². The van der Waals surface area contributed by atoms with E-state index in [-0.39, 0.29) is 0 Å². The number of rotatable bonds is 6. The fourth-order valence-corrected chi connectivity index (χ4v) is 11.1. The summed E-state index contributed by atoms with van der Waals surface area (Å²) in [7, 11) is -1.80. The lowest BCUT2D eigenvalue weighted by Gasteiger charge is -2.33. The van der Waals surface area contributed by atoms with Crippen molar-refractivity contribution < 1.29 is 0 Å². The molecule has 0 radical (unpaired) electrons. The Morgan fingerprint density at radius 1 is 0.514 bits per heavy atom. The number of allylic oxidation sites excluding steroid dienone is 2. The summed E-state index contributed by atoms with van der Waals surface area (Å²) in [5, 5.41) is 3.45. The van der Waals surface area contributed by atoms with Gasteiger partial charge in [-0.1, -0.05) is 146 Å². The summed E-state index contributed by atoms with van der Waals surface area (Å²) < 4.78 is 0. The molecule has 4 aromatic rings. The highest BCUT2D eigenvalue weighted by atomic mass is 28.3. The van der Waals surface area contributed by atoms with Gasteiger partial charge in [0.25, 0.3) is 0 Å². The van der Waals surface area contributed by atoms with Gasteiger partial charge in [-0.2, -0.15) is 0 Å². The van der Waals surface area contributed by atoms with Gasteiger partial charge in [-0.15, -0.1) is 0 Å². The molecule has 0 fully saturated rings. The van der Waals surface area contributed by atoms with Crippen molar-refractivity contribution in [2.24, 2.45) is 0 Å². The molecular weight excluding hydrogens is 436 g/mol. The van der Waals surface area contributed by atoms with Gasteiger partial charge < -0.3 is 0 Å². The van der Waals surface area contributed by atoms with E-state index in [0.29, 0.717) is 0 Å². The van der Waals surface area contributed by atoms with Crippen molar-refractivity contribution in [1.82, 2.24) is 0 Å². The van der Waals surface area contributed by atoms with Crippen LogP contribution in [0.5, 0.6) is 0 Å². The van der Waals surface area contributed by atoms with Crippen LogP contribution in [0, 0.1) is 0 Å². The monoisotopic (exact) mass is 468 g/mol. The first-order valence-corrected chi connectivity index (χ1v) is 15.4. The molecule has 0 N–H and O–H groups in total. The molecule has 0 aromatic heterocycles. The minimum atomic E-state index is -1.80. The molecule has 172 valence electrons. The summed E-state index contributed by atoms with van der Waals surface area (Å²) in [6.45, 7) is 4.89. The highest BCUT2D eigenvalue weighted by Gasteiger charge is 2.41. The average Bonchev–Trinajstić information content (AvgIpc) is 3.56. The summed E-state index contributed by atoms with van der Waals surface area (Å²) in [5.41, 5.74) is 11.3. The van der Waals surface area contributed by atoms with Gasteiger partial charge in [0.05, 0.1) is 0 Å². The SMILES string of the molecule is CC[Si](CC)(C1=Cc2c(cccc2-c2ccccc2)C1)C1=Cc2c(cccc2-c2ccccc2)C1. The number of fused-ring (bicyclic) bond motifs is 2. The topological polar surface area (TPSA) is 0 Å². The normalized spacial score (nSPS) is 14.3. The Morgan fingerprint density at radius 2 is 0.943 bits per heavy atom. The van der Waals surface area contributed by atoms with Crippen LogP contribution in [0.25, 0.3) is 34.4 Å². The molecular formula is C34H32Si. The predicted octanol–water partition coefficient (Wildman–Crippen LogP) is 9.17. The van der Waals surface area contributed by atoms with Crippen LogP contribution in [-0.2, 0) is 12.8 Å². The van der Waals surface area contributed by atoms with Gasteiger partial charge in [-0.05, 0) is 57.3 Å². The molecule has 0 unspecified atom stereocenters. The fraction of sp³-hybridized carbons (Fsp3) is 0.176. The lowest BCUT2D eigenvalue weighted by Crippen LogP contribution is -2.39. The van der Waals surface area contributed by atoms with E-state index in [9.17, 15) is 0 Å². The minimum Gasteiger partial charge on any atom is -0.0709 e. The second kappa shape index (κ2) is 8.98. The number of hydrogen-bond acceptors (Lipinski definition) is 0. The number of benzene rings is 4. The predicted molar refractivity (Wildman–Crippen MR) is 154 cm³/mol. The maximum Gasteiger partial charge on any atom is 0.109 e. The van der Waals surface area contributed by atoms with Crippen LogP contribution in [-0.4, -0.2) is 8.07 Å². The van der Waals surface area contributed by atoms with Gasteiger partial charge in [0, 0.05) is 0 Å². The summed E-state index contributed by atoms with van der Waals surface area (Å²) in [4.78, 5) is 0. The Labute approximate surface area is 210 Å². The van der Waals surface area contributed by atoms with E-state index < -0.39 is 8.07 Å². The maximum absolute atomic E-state index is 2.60. The molecule has 0 heterocycles. The third-order valence-electron chi connectivity index (χ3n) is 8.40. The van der Waals surface area contributed by atoms with E-state index >= 15 is 0 Å². The van der Waals surface area contributed by atoms with E-state index in [1.165, 1.54) is 56.6 Å². The second-order valence-electron chi connectivity index (χ2n) is 9.97. The molecule has 0 saturated carbocycles. The summed E-state index contributed by atoms with van der Waals surface area (Å²) in [6, 6.07) is 38.1. The van der Waals surface area contributed by atoms with E-state index in [4.69, 9.17) is 0 Å². The van der Waals surface area contributed by atoms with Crippen molar-refractivity contribution in [2.75, 3.05) is 0 Å². The molecule has 6 rings (SSSR count). The molecule has 2 aliphatic carbocycles. The third kappa shape index (κ3) is 3.66.